The summed E-state index contributed by atoms with van der Waals surface area (Å²) < 4.78 is 5.31. The van der Waals surface area contributed by atoms with Crippen LogP contribution in [0.15, 0.2) is 24.4 Å². The van der Waals surface area contributed by atoms with E-state index in [1.807, 2.05) is 32.0 Å². The molecule has 0 saturated carbocycles. The molecule has 2 aliphatic rings. The number of ether oxygens (including phenoxy) is 1. The summed E-state index contributed by atoms with van der Waals surface area (Å²) in [5, 5.41) is 26.0. The van der Waals surface area contributed by atoms with Crippen LogP contribution in [0.1, 0.15) is 32.6 Å². The van der Waals surface area contributed by atoms with Crippen LogP contribution in [-0.2, 0) is 4.74 Å². The number of aliphatic hydroxyl groups is 1. The first-order valence-electron chi connectivity index (χ1n) is 11.8. The van der Waals surface area contributed by atoms with E-state index in [1.165, 1.54) is 0 Å². The largest absolute Gasteiger partial charge is 0.387 e. The van der Waals surface area contributed by atoms with E-state index in [0.717, 1.165) is 50.6 Å². The fourth-order valence-electron chi connectivity index (χ4n) is 4.13. The van der Waals surface area contributed by atoms with Gasteiger partial charge in [-0.2, -0.15) is 0 Å². The van der Waals surface area contributed by atoms with Gasteiger partial charge in [0.05, 0.1) is 31.1 Å². The first-order valence-corrected chi connectivity index (χ1v) is 11.8. The number of fused-ring (bicyclic) bond motifs is 1. The minimum absolute atomic E-state index is 0.161. The van der Waals surface area contributed by atoms with Gasteiger partial charge in [0.15, 0.2) is 17.5 Å². The second-order valence-corrected chi connectivity index (χ2v) is 9.12. The molecule has 0 spiro atoms. The van der Waals surface area contributed by atoms with Crippen molar-refractivity contribution in [3.8, 4) is 0 Å². The predicted octanol–water partition coefficient (Wildman–Crippen LogP) is 1.95. The molecular weight excluding hydrogens is 434 g/mol. The fraction of sp³-hybridized carbons (Fsp3) is 0.522. The average molecular weight is 466 g/mol. The molecule has 0 aromatic carbocycles. The molecule has 0 aliphatic carbocycles. The Morgan fingerprint density at radius 1 is 1.06 bits per heavy atom. The van der Waals surface area contributed by atoms with Crippen LogP contribution < -0.4 is 15.5 Å². The van der Waals surface area contributed by atoms with Crippen molar-refractivity contribution >= 4 is 34.3 Å². The summed E-state index contributed by atoms with van der Waals surface area (Å²) in [5.74, 6) is 2.46. The van der Waals surface area contributed by atoms with Crippen LogP contribution in [0, 0.1) is 0 Å². The highest BCUT2D eigenvalue weighted by Crippen LogP contribution is 2.26. The molecule has 5 rings (SSSR count). The van der Waals surface area contributed by atoms with Crippen molar-refractivity contribution in [3.63, 3.8) is 0 Å². The lowest BCUT2D eigenvalue weighted by atomic mass is 10.2. The summed E-state index contributed by atoms with van der Waals surface area (Å²) in [7, 11) is 0. The average Bonchev–Trinajstić information content (AvgIpc) is 2.79. The van der Waals surface area contributed by atoms with Crippen molar-refractivity contribution in [1.82, 2.24) is 30.0 Å². The Hall–Kier alpha value is -3.15. The number of nitrogens with zero attached hydrogens (tertiary/aromatic N) is 7. The van der Waals surface area contributed by atoms with E-state index in [9.17, 15) is 5.11 Å². The van der Waals surface area contributed by atoms with Gasteiger partial charge in [-0.15, -0.1) is 10.2 Å². The molecule has 2 saturated heterocycles. The normalized spacial score (nSPS) is 18.2. The maximum atomic E-state index is 9.99. The molecule has 3 aromatic rings. The van der Waals surface area contributed by atoms with E-state index in [1.54, 1.807) is 13.1 Å². The molecule has 1 atom stereocenters. The predicted molar refractivity (Wildman–Crippen MR) is 130 cm³/mol. The summed E-state index contributed by atoms with van der Waals surface area (Å²) in [4.78, 5) is 18.4. The lowest BCUT2D eigenvalue weighted by molar-refractivity contribution is -0.0661. The summed E-state index contributed by atoms with van der Waals surface area (Å²) in [5.41, 5.74) is 1.25. The van der Waals surface area contributed by atoms with Crippen LogP contribution >= 0.6 is 0 Å². The lowest BCUT2D eigenvalue weighted by Crippen LogP contribution is -2.56. The highest BCUT2D eigenvalue weighted by atomic mass is 16.5. The minimum atomic E-state index is -0.682. The standard InChI is InChI=1S/C23H31N9O2/c1-14(2)25-22-21-16(10-18(26-22)15(3)33)11-24-23(28-21)27-19-4-5-20(30-29-19)32-8-6-31(7-9-32)17-12-34-13-17/h4-5,10-11,14-15,17,33H,6-9,12-13H2,1-3H3,(H,25,26)(H,24,27,28,29)/t15-/m1/s1. The van der Waals surface area contributed by atoms with Crippen molar-refractivity contribution in [2.75, 3.05) is 54.9 Å². The number of pyridine rings is 1. The highest BCUT2D eigenvalue weighted by molar-refractivity contribution is 5.89. The first kappa shape index (κ1) is 22.6. The molecular formula is C23H31N9O2. The van der Waals surface area contributed by atoms with Gasteiger partial charge in [0.2, 0.25) is 5.95 Å². The van der Waals surface area contributed by atoms with Gasteiger partial charge in [0.25, 0.3) is 0 Å². The summed E-state index contributed by atoms with van der Waals surface area (Å²) in [6.07, 6.45) is 1.04. The van der Waals surface area contributed by atoms with Gasteiger partial charge >= 0.3 is 0 Å². The van der Waals surface area contributed by atoms with Crippen LogP contribution in [0.5, 0.6) is 0 Å². The maximum absolute atomic E-state index is 9.99. The molecule has 0 amide bonds. The molecule has 3 aromatic heterocycles. The Kier molecular flexibility index (Phi) is 6.40. The van der Waals surface area contributed by atoms with Crippen molar-refractivity contribution in [1.29, 1.82) is 0 Å². The molecule has 180 valence electrons. The van der Waals surface area contributed by atoms with E-state index < -0.39 is 6.10 Å². The zero-order chi connectivity index (χ0) is 23.7. The van der Waals surface area contributed by atoms with E-state index in [-0.39, 0.29) is 6.04 Å². The van der Waals surface area contributed by atoms with Gasteiger partial charge in [-0.25, -0.2) is 15.0 Å². The Labute approximate surface area is 198 Å². The Morgan fingerprint density at radius 3 is 2.47 bits per heavy atom. The van der Waals surface area contributed by atoms with Gasteiger partial charge < -0.3 is 25.4 Å². The zero-order valence-electron chi connectivity index (χ0n) is 19.8. The quantitative estimate of drug-likeness (QED) is 0.474. The van der Waals surface area contributed by atoms with Crippen molar-refractivity contribution in [3.05, 3.63) is 30.1 Å². The summed E-state index contributed by atoms with van der Waals surface area (Å²) in [6, 6.07) is 6.41. The van der Waals surface area contributed by atoms with E-state index in [0.29, 0.717) is 34.8 Å². The van der Waals surface area contributed by atoms with Crippen LogP contribution in [-0.4, -0.2) is 86.6 Å². The van der Waals surface area contributed by atoms with Crippen molar-refractivity contribution in [2.45, 2.75) is 39.0 Å². The fourth-order valence-corrected chi connectivity index (χ4v) is 4.13. The van der Waals surface area contributed by atoms with Gasteiger partial charge in [0.1, 0.15) is 5.52 Å². The van der Waals surface area contributed by atoms with Gasteiger partial charge in [0, 0.05) is 43.8 Å². The third kappa shape index (κ3) is 4.86. The number of hydrogen-bond donors (Lipinski definition) is 3. The molecule has 2 fully saturated rings. The minimum Gasteiger partial charge on any atom is -0.387 e. The topological polar surface area (TPSA) is 124 Å². The van der Waals surface area contributed by atoms with E-state index in [4.69, 9.17) is 4.74 Å². The number of nitrogens with one attached hydrogen (secondary N) is 2. The smallest absolute Gasteiger partial charge is 0.229 e. The third-order valence-corrected chi connectivity index (χ3v) is 6.10. The molecule has 0 radical (unpaired) electrons. The monoisotopic (exact) mass is 465 g/mol. The third-order valence-electron chi connectivity index (χ3n) is 6.10. The molecule has 3 N–H and O–H groups in total. The molecule has 5 heterocycles. The molecule has 11 nitrogen and oxygen atoms in total. The Morgan fingerprint density at radius 2 is 1.85 bits per heavy atom. The van der Waals surface area contributed by atoms with Gasteiger partial charge in [-0.3, -0.25) is 4.90 Å². The molecule has 11 heteroatoms. The van der Waals surface area contributed by atoms with E-state index >= 15 is 0 Å². The van der Waals surface area contributed by atoms with Gasteiger partial charge in [-0.05, 0) is 39.0 Å². The Balaban J connectivity index is 1.29. The summed E-state index contributed by atoms with van der Waals surface area (Å²) >= 11 is 0. The number of anilines is 4. The number of aromatic nitrogens is 5. The number of rotatable bonds is 7. The molecule has 34 heavy (non-hydrogen) atoms. The number of piperazine rings is 1. The van der Waals surface area contributed by atoms with Crippen molar-refractivity contribution in [2.24, 2.45) is 0 Å². The van der Waals surface area contributed by atoms with E-state index in [2.05, 4.69) is 45.6 Å². The van der Waals surface area contributed by atoms with Gasteiger partial charge in [-0.1, -0.05) is 0 Å². The molecule has 0 bridgehead atoms. The second-order valence-electron chi connectivity index (χ2n) is 9.12. The second kappa shape index (κ2) is 9.61. The summed E-state index contributed by atoms with van der Waals surface area (Å²) in [6.45, 7) is 11.3. The van der Waals surface area contributed by atoms with Crippen LogP contribution in [0.4, 0.5) is 23.4 Å². The molecule has 0 unspecified atom stereocenters. The SMILES string of the molecule is CC(C)Nc1nc([C@@H](C)O)cc2cnc(Nc3ccc(N4CCN(C5COC5)CC4)nn3)nc12. The van der Waals surface area contributed by atoms with Crippen LogP contribution in [0.3, 0.4) is 0 Å². The van der Waals surface area contributed by atoms with Crippen molar-refractivity contribution < 1.29 is 9.84 Å². The molecule has 2 aliphatic heterocycles. The number of aliphatic hydroxyl groups excluding tert-OH is 1. The highest BCUT2D eigenvalue weighted by Gasteiger charge is 2.29. The van der Waals surface area contributed by atoms with Crippen LogP contribution in [0.2, 0.25) is 0 Å². The maximum Gasteiger partial charge on any atom is 0.229 e. The number of hydrogen-bond acceptors (Lipinski definition) is 11. The van der Waals surface area contributed by atoms with Crippen LogP contribution in [0.25, 0.3) is 10.9 Å². The lowest BCUT2D eigenvalue weighted by Gasteiger charge is -2.42. The first-order chi connectivity index (χ1) is 16.5. The zero-order valence-corrected chi connectivity index (χ0v) is 19.8. The Bertz CT molecular complexity index is 1130.